The lowest BCUT2D eigenvalue weighted by Gasteiger charge is -2.14. The third-order valence-electron chi connectivity index (χ3n) is 2.90. The Morgan fingerprint density at radius 2 is 2.09 bits per heavy atom. The molecule has 1 N–H and O–H groups in total. The maximum Gasteiger partial charge on any atom is 0.451 e. The fourth-order valence-corrected chi connectivity index (χ4v) is 2.77. The average Bonchev–Trinajstić information content (AvgIpc) is 2.51. The summed E-state index contributed by atoms with van der Waals surface area (Å²) in [6.45, 7) is 5.39. The van der Waals surface area contributed by atoms with E-state index in [4.69, 9.17) is 0 Å². The maximum absolute atomic E-state index is 12.9. The number of alkyl halides is 3. The molecule has 4 nitrogen and oxygen atoms in total. The second-order valence-electron chi connectivity index (χ2n) is 4.66. The predicted octanol–water partition coefficient (Wildman–Crippen LogP) is 3.43. The minimum absolute atomic E-state index is 0.129. The van der Waals surface area contributed by atoms with Gasteiger partial charge in [0, 0.05) is 11.9 Å². The number of carbonyl (C=O) groups excluding carboxylic acids is 1. The van der Waals surface area contributed by atoms with Gasteiger partial charge in [-0.15, -0.1) is 6.58 Å². The van der Waals surface area contributed by atoms with Crippen LogP contribution in [0.1, 0.15) is 12.7 Å². The van der Waals surface area contributed by atoms with E-state index in [1.165, 1.54) is 12.1 Å². The lowest BCUT2D eigenvalue weighted by Crippen LogP contribution is -2.31. The zero-order valence-corrected chi connectivity index (χ0v) is 13.0. The number of hydrogen-bond donors (Lipinski definition) is 1. The van der Waals surface area contributed by atoms with Crippen molar-refractivity contribution in [2.24, 2.45) is 0 Å². The summed E-state index contributed by atoms with van der Waals surface area (Å²) in [7, 11) is 0. The van der Waals surface area contributed by atoms with E-state index in [2.05, 4.69) is 21.9 Å². The molecule has 0 saturated carbocycles. The van der Waals surface area contributed by atoms with Crippen LogP contribution < -0.4 is 5.32 Å². The largest absolute Gasteiger partial charge is 0.451 e. The van der Waals surface area contributed by atoms with E-state index in [1.54, 1.807) is 25.1 Å². The monoisotopic (exact) mass is 341 g/mol. The number of rotatable bonds is 5. The van der Waals surface area contributed by atoms with Crippen LogP contribution >= 0.6 is 11.8 Å². The first-order chi connectivity index (χ1) is 10.8. The van der Waals surface area contributed by atoms with Crippen molar-refractivity contribution in [2.45, 2.75) is 23.4 Å². The van der Waals surface area contributed by atoms with Gasteiger partial charge in [0.05, 0.1) is 10.8 Å². The summed E-state index contributed by atoms with van der Waals surface area (Å²) in [6, 6.07) is 6.40. The molecule has 2 rings (SSSR count). The molecule has 1 atom stereocenters. The number of amides is 1. The molecule has 8 heteroatoms. The number of fused-ring (bicyclic) bond motifs is 1. The molecule has 1 heterocycles. The van der Waals surface area contributed by atoms with E-state index in [0.717, 1.165) is 11.8 Å². The van der Waals surface area contributed by atoms with Crippen molar-refractivity contribution in [1.82, 2.24) is 15.3 Å². The van der Waals surface area contributed by atoms with Crippen LogP contribution in [0.5, 0.6) is 0 Å². The molecule has 0 spiro atoms. The highest BCUT2D eigenvalue weighted by Crippen LogP contribution is 2.33. The summed E-state index contributed by atoms with van der Waals surface area (Å²) in [5, 5.41) is 2.61. The number of aromatic nitrogens is 2. The molecule has 0 unspecified atom stereocenters. The van der Waals surface area contributed by atoms with E-state index in [1.807, 2.05) is 0 Å². The SMILES string of the molecule is C=CCNC(=O)[C@@H](C)Sc1nc(C(F)(F)F)nc2ccccc12. The Morgan fingerprint density at radius 3 is 2.74 bits per heavy atom. The standard InChI is InChI=1S/C15H14F3N3OS/c1-3-8-19-12(22)9(2)23-13-10-6-4-5-7-11(10)20-14(21-13)15(16,17)18/h3-7,9H,1,8H2,2H3,(H,19,22)/t9-/m1/s1. The third-order valence-corrected chi connectivity index (χ3v) is 4.00. The van der Waals surface area contributed by atoms with Crippen molar-refractivity contribution < 1.29 is 18.0 Å². The van der Waals surface area contributed by atoms with Gasteiger partial charge >= 0.3 is 6.18 Å². The molecule has 23 heavy (non-hydrogen) atoms. The van der Waals surface area contributed by atoms with Crippen LogP contribution in [0.15, 0.2) is 41.9 Å². The molecule has 0 aliphatic heterocycles. The zero-order valence-electron chi connectivity index (χ0n) is 12.2. The van der Waals surface area contributed by atoms with E-state index < -0.39 is 17.3 Å². The van der Waals surface area contributed by atoms with Gasteiger partial charge in [0.25, 0.3) is 0 Å². The van der Waals surface area contributed by atoms with Crippen LogP contribution in [0.3, 0.4) is 0 Å². The van der Waals surface area contributed by atoms with Gasteiger partial charge in [0.15, 0.2) is 0 Å². The Hall–Kier alpha value is -2.09. The van der Waals surface area contributed by atoms with E-state index >= 15 is 0 Å². The van der Waals surface area contributed by atoms with E-state index in [0.29, 0.717) is 11.9 Å². The fraction of sp³-hybridized carbons (Fsp3) is 0.267. The molecule has 0 saturated heterocycles. The molecule has 122 valence electrons. The first kappa shape index (κ1) is 17.3. The second kappa shape index (κ2) is 6.99. The Morgan fingerprint density at radius 1 is 1.39 bits per heavy atom. The molecule has 1 aromatic carbocycles. The van der Waals surface area contributed by atoms with Crippen molar-refractivity contribution in [3.05, 3.63) is 42.7 Å². The van der Waals surface area contributed by atoms with Crippen molar-refractivity contribution in [3.8, 4) is 0 Å². The molecule has 1 amide bonds. The smallest absolute Gasteiger partial charge is 0.352 e. The minimum Gasteiger partial charge on any atom is -0.352 e. The molecule has 2 aromatic rings. The number of thioether (sulfide) groups is 1. The molecule has 0 aliphatic rings. The summed E-state index contributed by atoms with van der Waals surface area (Å²) in [4.78, 5) is 19.0. The van der Waals surface area contributed by atoms with Gasteiger partial charge in [-0.2, -0.15) is 13.2 Å². The normalized spacial score (nSPS) is 12.9. The first-order valence-corrected chi connectivity index (χ1v) is 7.60. The van der Waals surface area contributed by atoms with Crippen molar-refractivity contribution in [2.75, 3.05) is 6.54 Å². The Balaban J connectivity index is 2.38. The van der Waals surface area contributed by atoms with Crippen LogP contribution in [0, 0.1) is 0 Å². The first-order valence-electron chi connectivity index (χ1n) is 6.72. The van der Waals surface area contributed by atoms with Gasteiger partial charge in [-0.25, -0.2) is 9.97 Å². The zero-order chi connectivity index (χ0) is 17.0. The molecule has 0 fully saturated rings. The van der Waals surface area contributed by atoms with Gasteiger partial charge in [-0.3, -0.25) is 4.79 Å². The Labute approximate surface area is 135 Å². The van der Waals surface area contributed by atoms with E-state index in [-0.39, 0.29) is 16.4 Å². The third kappa shape index (κ3) is 4.22. The summed E-state index contributed by atoms with van der Waals surface area (Å²) in [5.74, 6) is -1.51. The van der Waals surface area contributed by atoms with Crippen molar-refractivity contribution in [3.63, 3.8) is 0 Å². The van der Waals surface area contributed by atoms with Gasteiger partial charge in [-0.1, -0.05) is 36.0 Å². The van der Waals surface area contributed by atoms with Crippen LogP contribution in [0.2, 0.25) is 0 Å². The second-order valence-corrected chi connectivity index (χ2v) is 5.99. The summed E-state index contributed by atoms with van der Waals surface area (Å²) in [6.07, 6.45) is -3.12. The van der Waals surface area contributed by atoms with Gasteiger partial charge in [0.2, 0.25) is 11.7 Å². The summed E-state index contributed by atoms with van der Waals surface area (Å²) in [5.41, 5.74) is 0.191. The number of nitrogens with one attached hydrogen (secondary N) is 1. The molecular formula is C15H14F3N3OS. The number of nitrogens with zero attached hydrogens (tertiary/aromatic N) is 2. The average molecular weight is 341 g/mol. The molecule has 0 aliphatic carbocycles. The highest BCUT2D eigenvalue weighted by molar-refractivity contribution is 8.00. The lowest BCUT2D eigenvalue weighted by atomic mass is 10.2. The number of carbonyl (C=O) groups is 1. The predicted molar refractivity (Wildman–Crippen MR) is 83.1 cm³/mol. The fourth-order valence-electron chi connectivity index (χ4n) is 1.80. The summed E-state index contributed by atoms with van der Waals surface area (Å²) >= 11 is 0.964. The molecule has 1 aromatic heterocycles. The van der Waals surface area contributed by atoms with Crippen molar-refractivity contribution in [1.29, 1.82) is 0 Å². The maximum atomic E-state index is 12.9. The van der Waals surface area contributed by atoms with Gasteiger partial charge in [0.1, 0.15) is 5.03 Å². The number of halogens is 3. The minimum atomic E-state index is -4.65. The van der Waals surface area contributed by atoms with Crippen LogP contribution in [-0.4, -0.2) is 27.7 Å². The van der Waals surface area contributed by atoms with Gasteiger partial charge in [-0.05, 0) is 13.0 Å². The Kier molecular flexibility index (Phi) is 5.25. The highest BCUT2D eigenvalue weighted by Gasteiger charge is 2.35. The van der Waals surface area contributed by atoms with Crippen LogP contribution in [0.25, 0.3) is 10.9 Å². The van der Waals surface area contributed by atoms with E-state index in [9.17, 15) is 18.0 Å². The highest BCUT2D eigenvalue weighted by atomic mass is 32.2. The molecule has 0 bridgehead atoms. The quantitative estimate of drug-likeness (QED) is 0.514. The molecular weight excluding hydrogens is 327 g/mol. The number of benzene rings is 1. The van der Waals surface area contributed by atoms with Crippen LogP contribution in [-0.2, 0) is 11.0 Å². The van der Waals surface area contributed by atoms with Gasteiger partial charge < -0.3 is 5.32 Å². The Bertz CT molecular complexity index is 733. The topological polar surface area (TPSA) is 54.9 Å². The lowest BCUT2D eigenvalue weighted by molar-refractivity contribution is -0.145. The number of para-hydroxylation sites is 1. The van der Waals surface area contributed by atoms with Crippen molar-refractivity contribution >= 4 is 28.6 Å². The summed E-state index contributed by atoms with van der Waals surface area (Å²) < 4.78 is 38.8. The molecule has 0 radical (unpaired) electrons. The number of hydrogen-bond acceptors (Lipinski definition) is 4. The van der Waals surface area contributed by atoms with Crippen LogP contribution in [0.4, 0.5) is 13.2 Å².